The Morgan fingerprint density at radius 2 is 1.74 bits per heavy atom. The lowest BCUT2D eigenvalue weighted by Gasteiger charge is -2.28. The van der Waals surface area contributed by atoms with E-state index in [0.717, 1.165) is 0 Å². The maximum Gasteiger partial charge on any atom is 0.242 e. The number of rotatable bonds is 7. The number of carbonyl (C=O) groups is 2. The summed E-state index contributed by atoms with van der Waals surface area (Å²) in [5, 5.41) is 14.9. The smallest absolute Gasteiger partial charge is 0.242 e. The monoisotopic (exact) mass is 272 g/mol. The molecule has 0 saturated heterocycles. The fourth-order valence-electron chi connectivity index (χ4n) is 2.06. The van der Waals surface area contributed by atoms with Crippen molar-refractivity contribution in [1.29, 1.82) is 0 Å². The molecule has 0 aliphatic carbocycles. The van der Waals surface area contributed by atoms with Gasteiger partial charge in [0.25, 0.3) is 0 Å². The Labute approximate surface area is 116 Å². The molecule has 0 fully saturated rings. The molecule has 3 N–H and O–H groups in total. The normalized spacial score (nSPS) is 14.9. The molecule has 2 unspecified atom stereocenters. The van der Waals surface area contributed by atoms with Crippen molar-refractivity contribution < 1.29 is 14.7 Å². The molecule has 2 atom stereocenters. The van der Waals surface area contributed by atoms with Crippen LogP contribution >= 0.6 is 0 Å². The SMILES string of the molecule is CC(=O)NC(C(=O)NCC(C)(C)CC(C)O)C(C)C. The van der Waals surface area contributed by atoms with Crippen LogP contribution < -0.4 is 10.6 Å². The van der Waals surface area contributed by atoms with Crippen molar-refractivity contribution in [2.45, 2.75) is 60.1 Å². The van der Waals surface area contributed by atoms with Gasteiger partial charge in [-0.15, -0.1) is 0 Å². The van der Waals surface area contributed by atoms with E-state index >= 15 is 0 Å². The second kappa shape index (κ2) is 7.48. The summed E-state index contributed by atoms with van der Waals surface area (Å²) in [5.74, 6) is -0.357. The van der Waals surface area contributed by atoms with Crippen molar-refractivity contribution in [3.05, 3.63) is 0 Å². The number of carbonyl (C=O) groups excluding carboxylic acids is 2. The number of amides is 2. The average Bonchev–Trinajstić information content (AvgIpc) is 2.20. The molecule has 112 valence electrons. The molecule has 2 amide bonds. The molecule has 0 radical (unpaired) electrons. The molecule has 0 aromatic heterocycles. The van der Waals surface area contributed by atoms with E-state index < -0.39 is 12.1 Å². The highest BCUT2D eigenvalue weighted by Gasteiger charge is 2.26. The van der Waals surface area contributed by atoms with E-state index in [0.29, 0.717) is 13.0 Å². The second-order valence-corrected chi connectivity index (χ2v) is 6.36. The summed E-state index contributed by atoms with van der Waals surface area (Å²) in [7, 11) is 0. The third-order valence-corrected chi connectivity index (χ3v) is 2.90. The fraction of sp³-hybridized carbons (Fsp3) is 0.857. The first-order valence-electron chi connectivity index (χ1n) is 6.78. The molecular formula is C14H28N2O3. The zero-order valence-corrected chi connectivity index (χ0v) is 12.9. The Morgan fingerprint density at radius 3 is 2.11 bits per heavy atom. The van der Waals surface area contributed by atoms with E-state index in [9.17, 15) is 14.7 Å². The molecular weight excluding hydrogens is 244 g/mol. The Bertz CT molecular complexity index is 312. The lowest BCUT2D eigenvalue weighted by molar-refractivity contribution is -0.129. The molecule has 0 heterocycles. The number of hydrogen-bond acceptors (Lipinski definition) is 3. The summed E-state index contributed by atoms with van der Waals surface area (Å²) in [6.07, 6.45) is 0.211. The first-order valence-corrected chi connectivity index (χ1v) is 6.78. The summed E-state index contributed by atoms with van der Waals surface area (Å²) in [4.78, 5) is 23.1. The van der Waals surface area contributed by atoms with E-state index in [1.165, 1.54) is 6.92 Å². The van der Waals surface area contributed by atoms with Crippen molar-refractivity contribution in [2.24, 2.45) is 11.3 Å². The summed E-state index contributed by atoms with van der Waals surface area (Å²) in [6, 6.07) is -0.514. The quantitative estimate of drug-likeness (QED) is 0.648. The van der Waals surface area contributed by atoms with Gasteiger partial charge in [0, 0.05) is 13.5 Å². The summed E-state index contributed by atoms with van der Waals surface area (Å²) < 4.78 is 0. The highest BCUT2D eigenvalue weighted by atomic mass is 16.3. The fourth-order valence-corrected chi connectivity index (χ4v) is 2.06. The van der Waals surface area contributed by atoms with Crippen molar-refractivity contribution in [3.63, 3.8) is 0 Å². The van der Waals surface area contributed by atoms with Crippen molar-refractivity contribution in [1.82, 2.24) is 10.6 Å². The average molecular weight is 272 g/mol. The first kappa shape index (κ1) is 17.9. The number of aliphatic hydroxyl groups is 1. The zero-order valence-electron chi connectivity index (χ0n) is 12.9. The van der Waals surface area contributed by atoms with E-state index in [4.69, 9.17) is 0 Å². The predicted molar refractivity (Wildman–Crippen MR) is 75.5 cm³/mol. The van der Waals surface area contributed by atoms with Crippen LogP contribution in [-0.2, 0) is 9.59 Å². The molecule has 0 aromatic rings. The molecule has 0 aromatic carbocycles. The van der Waals surface area contributed by atoms with Crippen LogP contribution in [0.2, 0.25) is 0 Å². The maximum absolute atomic E-state index is 12.1. The number of aliphatic hydroxyl groups excluding tert-OH is 1. The van der Waals surface area contributed by atoms with Gasteiger partial charge >= 0.3 is 0 Å². The molecule has 0 rings (SSSR count). The van der Waals surface area contributed by atoms with Crippen LogP contribution in [0, 0.1) is 11.3 Å². The molecule has 0 spiro atoms. The molecule has 19 heavy (non-hydrogen) atoms. The van der Waals surface area contributed by atoms with Gasteiger partial charge in [-0.1, -0.05) is 27.7 Å². The van der Waals surface area contributed by atoms with Crippen LogP contribution in [0.4, 0.5) is 0 Å². The minimum atomic E-state index is -0.514. The third kappa shape index (κ3) is 7.82. The summed E-state index contributed by atoms with van der Waals surface area (Å²) in [5.41, 5.74) is -0.179. The topological polar surface area (TPSA) is 78.4 Å². The first-order chi connectivity index (χ1) is 8.55. The van der Waals surface area contributed by atoms with Gasteiger partial charge in [0.1, 0.15) is 6.04 Å². The standard InChI is InChI=1S/C14H28N2O3/c1-9(2)12(16-11(4)18)13(19)15-8-14(5,6)7-10(3)17/h9-10,12,17H,7-8H2,1-6H3,(H,15,19)(H,16,18). The molecule has 5 heteroatoms. The highest BCUT2D eigenvalue weighted by molar-refractivity contribution is 5.87. The predicted octanol–water partition coefficient (Wildman–Crippen LogP) is 1.06. The van der Waals surface area contributed by atoms with Crippen LogP contribution in [-0.4, -0.2) is 35.6 Å². The van der Waals surface area contributed by atoms with Gasteiger partial charge in [-0.3, -0.25) is 9.59 Å². The van der Waals surface area contributed by atoms with E-state index in [1.54, 1.807) is 6.92 Å². The van der Waals surface area contributed by atoms with Crippen LogP contribution in [0.3, 0.4) is 0 Å². The summed E-state index contributed by atoms with van der Waals surface area (Å²) in [6.45, 7) is 11.4. The van der Waals surface area contributed by atoms with Crippen LogP contribution in [0.25, 0.3) is 0 Å². The third-order valence-electron chi connectivity index (χ3n) is 2.90. The van der Waals surface area contributed by atoms with Crippen LogP contribution in [0.15, 0.2) is 0 Å². The van der Waals surface area contributed by atoms with Gasteiger partial charge in [0.05, 0.1) is 6.10 Å². The van der Waals surface area contributed by atoms with Gasteiger partial charge in [-0.25, -0.2) is 0 Å². The van der Waals surface area contributed by atoms with E-state index in [1.807, 2.05) is 27.7 Å². The van der Waals surface area contributed by atoms with Gasteiger partial charge in [-0.2, -0.15) is 0 Å². The van der Waals surface area contributed by atoms with Crippen LogP contribution in [0.5, 0.6) is 0 Å². The molecule has 0 saturated carbocycles. The van der Waals surface area contributed by atoms with Gasteiger partial charge < -0.3 is 15.7 Å². The van der Waals surface area contributed by atoms with Gasteiger partial charge in [0.2, 0.25) is 11.8 Å². The lowest BCUT2D eigenvalue weighted by Crippen LogP contribution is -2.50. The molecule has 5 nitrogen and oxygen atoms in total. The van der Waals surface area contributed by atoms with Crippen molar-refractivity contribution >= 4 is 11.8 Å². The lowest BCUT2D eigenvalue weighted by atomic mass is 9.87. The number of nitrogens with one attached hydrogen (secondary N) is 2. The largest absolute Gasteiger partial charge is 0.393 e. The maximum atomic E-state index is 12.1. The Kier molecular flexibility index (Phi) is 7.05. The van der Waals surface area contributed by atoms with Crippen LogP contribution in [0.1, 0.15) is 48.0 Å². The Balaban J connectivity index is 4.45. The van der Waals surface area contributed by atoms with E-state index in [-0.39, 0.29) is 23.1 Å². The molecule has 0 bridgehead atoms. The van der Waals surface area contributed by atoms with E-state index in [2.05, 4.69) is 10.6 Å². The second-order valence-electron chi connectivity index (χ2n) is 6.36. The number of hydrogen-bond donors (Lipinski definition) is 3. The summed E-state index contributed by atoms with van der Waals surface area (Å²) >= 11 is 0. The minimum absolute atomic E-state index is 0.0313. The highest BCUT2D eigenvalue weighted by Crippen LogP contribution is 2.21. The molecule has 0 aliphatic heterocycles. The van der Waals surface area contributed by atoms with Crippen molar-refractivity contribution in [2.75, 3.05) is 6.54 Å². The zero-order chi connectivity index (χ0) is 15.2. The molecule has 0 aliphatic rings. The Hall–Kier alpha value is -1.10. The van der Waals surface area contributed by atoms with Gasteiger partial charge in [-0.05, 0) is 24.7 Å². The van der Waals surface area contributed by atoms with Gasteiger partial charge in [0.15, 0.2) is 0 Å². The Morgan fingerprint density at radius 1 is 1.21 bits per heavy atom. The van der Waals surface area contributed by atoms with Crippen molar-refractivity contribution in [3.8, 4) is 0 Å². The minimum Gasteiger partial charge on any atom is -0.393 e.